The van der Waals surface area contributed by atoms with Crippen molar-refractivity contribution < 1.29 is 19.1 Å². The Labute approximate surface area is 308 Å². The molecule has 2 unspecified atom stereocenters. The standard InChI is InChI=1S/C41H44N4O4S2/c1-6-35(39(48)45-40-32(25-42)31-21-20-28(41(3,4)5)23-36(31)51-40)50-30-18-13-17-29(24-30)43-38(47)33(44-37(46)26-14-9-8-10-15-26)22-27-16-11-12-19-34(27)49-7-2/h8-19,22,24,28,35H,6-7,20-21,23H2,1-5H3,(H,43,47)(H,44,46)(H,45,48)/b33-22+. The van der Waals surface area contributed by atoms with E-state index in [-0.39, 0.29) is 17.0 Å². The Hall–Kier alpha value is -4.85. The van der Waals surface area contributed by atoms with Crippen LogP contribution in [-0.2, 0) is 22.4 Å². The predicted octanol–water partition coefficient (Wildman–Crippen LogP) is 9.09. The molecule has 0 bridgehead atoms. The molecule has 51 heavy (non-hydrogen) atoms. The van der Waals surface area contributed by atoms with Gasteiger partial charge >= 0.3 is 0 Å². The number of carbonyl (C=O) groups is 3. The number of hydrogen-bond donors (Lipinski definition) is 3. The van der Waals surface area contributed by atoms with Crippen LogP contribution in [0.15, 0.2) is 89.5 Å². The number of benzene rings is 3. The molecule has 0 aliphatic heterocycles. The molecule has 0 saturated heterocycles. The SMILES string of the molecule is CCOc1ccccc1/C=C(/NC(=O)c1ccccc1)C(=O)Nc1cccc(SC(CC)C(=O)Nc2sc3c(c2C#N)CCC(C(C)(C)C)C3)c1. The van der Waals surface area contributed by atoms with Gasteiger partial charge in [0.2, 0.25) is 5.91 Å². The van der Waals surface area contributed by atoms with Gasteiger partial charge in [0, 0.05) is 26.6 Å². The average molecular weight is 721 g/mol. The van der Waals surface area contributed by atoms with Gasteiger partial charge in [-0.3, -0.25) is 14.4 Å². The van der Waals surface area contributed by atoms with Crippen molar-refractivity contribution in [3.63, 3.8) is 0 Å². The van der Waals surface area contributed by atoms with Crippen molar-refractivity contribution in [1.29, 1.82) is 5.26 Å². The van der Waals surface area contributed by atoms with Crippen LogP contribution in [-0.4, -0.2) is 29.6 Å². The van der Waals surface area contributed by atoms with E-state index in [4.69, 9.17) is 4.74 Å². The zero-order valence-corrected chi connectivity index (χ0v) is 31.3. The summed E-state index contributed by atoms with van der Waals surface area (Å²) >= 11 is 2.93. The van der Waals surface area contributed by atoms with Crippen LogP contribution in [0, 0.1) is 22.7 Å². The van der Waals surface area contributed by atoms with Gasteiger partial charge in [0.1, 0.15) is 22.5 Å². The van der Waals surface area contributed by atoms with Crippen LogP contribution in [0.1, 0.15) is 79.4 Å². The molecule has 0 radical (unpaired) electrons. The fourth-order valence-corrected chi connectivity index (χ4v) is 8.33. The number of anilines is 2. The van der Waals surface area contributed by atoms with Gasteiger partial charge in [-0.15, -0.1) is 23.1 Å². The van der Waals surface area contributed by atoms with Crippen LogP contribution in [0.3, 0.4) is 0 Å². The van der Waals surface area contributed by atoms with Gasteiger partial charge in [-0.25, -0.2) is 0 Å². The van der Waals surface area contributed by atoms with Crippen LogP contribution < -0.4 is 20.7 Å². The van der Waals surface area contributed by atoms with Crippen molar-refractivity contribution >= 4 is 57.6 Å². The first-order chi connectivity index (χ1) is 24.5. The monoisotopic (exact) mass is 720 g/mol. The minimum Gasteiger partial charge on any atom is -0.493 e. The summed E-state index contributed by atoms with van der Waals surface area (Å²) in [5.41, 5.74) is 3.45. The fraction of sp³-hybridized carbons (Fsp3) is 0.317. The Kier molecular flexibility index (Phi) is 12.4. The first-order valence-corrected chi connectivity index (χ1v) is 18.9. The van der Waals surface area contributed by atoms with Crippen molar-refractivity contribution in [1.82, 2.24) is 5.32 Å². The molecular weight excluding hydrogens is 677 g/mol. The molecule has 0 saturated carbocycles. The van der Waals surface area contributed by atoms with Crippen LogP contribution in [0.25, 0.3) is 6.08 Å². The number of amides is 3. The summed E-state index contributed by atoms with van der Waals surface area (Å²) < 4.78 is 5.76. The Bertz CT molecular complexity index is 1960. The molecule has 1 aromatic heterocycles. The molecule has 10 heteroatoms. The number of rotatable bonds is 12. The van der Waals surface area contributed by atoms with E-state index >= 15 is 0 Å². The predicted molar refractivity (Wildman–Crippen MR) is 207 cm³/mol. The molecule has 1 aliphatic rings. The number of carbonyl (C=O) groups excluding carboxylic acids is 3. The van der Waals surface area contributed by atoms with E-state index in [2.05, 4.69) is 42.8 Å². The number of nitrogens with one attached hydrogen (secondary N) is 3. The summed E-state index contributed by atoms with van der Waals surface area (Å²) in [4.78, 5) is 42.5. The zero-order valence-electron chi connectivity index (χ0n) is 29.7. The normalized spacial score (nSPS) is 14.8. The Morgan fingerprint density at radius 3 is 2.47 bits per heavy atom. The molecular formula is C41H44N4O4S2. The second kappa shape index (κ2) is 16.9. The Morgan fingerprint density at radius 1 is 1.02 bits per heavy atom. The molecule has 8 nitrogen and oxygen atoms in total. The number of thioether (sulfide) groups is 1. The second-order valence-electron chi connectivity index (χ2n) is 13.5. The average Bonchev–Trinajstić information content (AvgIpc) is 3.47. The fourth-order valence-electron chi connectivity index (χ4n) is 6.04. The van der Waals surface area contributed by atoms with Crippen molar-refractivity contribution in [2.75, 3.05) is 17.2 Å². The highest BCUT2D eigenvalue weighted by atomic mass is 32.2. The number of para-hydroxylation sites is 1. The molecule has 3 amide bonds. The lowest BCUT2D eigenvalue weighted by atomic mass is 9.72. The van der Waals surface area contributed by atoms with Gasteiger partial charge in [0.05, 0.1) is 17.4 Å². The number of hydrogen-bond acceptors (Lipinski definition) is 7. The second-order valence-corrected chi connectivity index (χ2v) is 15.8. The zero-order chi connectivity index (χ0) is 36.5. The number of ether oxygens (including phenoxy) is 1. The van der Waals surface area contributed by atoms with Gasteiger partial charge in [-0.05, 0) is 92.0 Å². The van der Waals surface area contributed by atoms with E-state index in [1.54, 1.807) is 48.5 Å². The molecule has 3 aromatic carbocycles. The molecule has 1 aliphatic carbocycles. The van der Waals surface area contributed by atoms with Crippen molar-refractivity contribution in [3.8, 4) is 11.8 Å². The number of nitriles is 1. The summed E-state index contributed by atoms with van der Waals surface area (Å²) in [6.07, 6.45) is 4.96. The van der Waals surface area contributed by atoms with Gasteiger partial charge in [-0.2, -0.15) is 5.26 Å². The van der Waals surface area contributed by atoms with Crippen LogP contribution in [0.5, 0.6) is 5.75 Å². The summed E-state index contributed by atoms with van der Waals surface area (Å²) in [5.74, 6) is 0.00795. The topological polar surface area (TPSA) is 120 Å². The highest BCUT2D eigenvalue weighted by Crippen LogP contribution is 2.44. The summed E-state index contributed by atoms with van der Waals surface area (Å²) in [7, 11) is 0. The highest BCUT2D eigenvalue weighted by molar-refractivity contribution is 8.00. The molecule has 4 aromatic rings. The van der Waals surface area contributed by atoms with E-state index in [0.717, 1.165) is 29.7 Å². The first kappa shape index (κ1) is 37.4. The Balaban J connectivity index is 1.32. The maximum absolute atomic E-state index is 13.7. The third kappa shape index (κ3) is 9.48. The smallest absolute Gasteiger partial charge is 0.272 e. The molecule has 3 N–H and O–H groups in total. The van der Waals surface area contributed by atoms with Gasteiger partial charge in [-0.1, -0.05) is 70.2 Å². The molecule has 264 valence electrons. The van der Waals surface area contributed by atoms with Crippen LogP contribution in [0.2, 0.25) is 0 Å². The van der Waals surface area contributed by atoms with Crippen LogP contribution >= 0.6 is 23.1 Å². The Morgan fingerprint density at radius 2 is 1.76 bits per heavy atom. The minimum atomic E-state index is -0.517. The van der Waals surface area contributed by atoms with E-state index in [1.807, 2.05) is 50.2 Å². The summed E-state index contributed by atoms with van der Waals surface area (Å²) in [6.45, 7) is 11.1. The molecule has 2 atom stereocenters. The van der Waals surface area contributed by atoms with E-state index in [0.29, 0.717) is 52.1 Å². The minimum absolute atomic E-state index is 0.0423. The molecule has 1 heterocycles. The number of thiophene rings is 1. The lowest BCUT2D eigenvalue weighted by molar-refractivity contribution is -0.116. The summed E-state index contributed by atoms with van der Waals surface area (Å²) in [5, 5.41) is 19.0. The van der Waals surface area contributed by atoms with Gasteiger partial charge < -0.3 is 20.7 Å². The van der Waals surface area contributed by atoms with E-state index in [9.17, 15) is 19.6 Å². The molecule has 0 fully saturated rings. The van der Waals surface area contributed by atoms with Crippen molar-refractivity contribution in [2.24, 2.45) is 11.3 Å². The van der Waals surface area contributed by atoms with Crippen molar-refractivity contribution in [3.05, 3.63) is 112 Å². The number of fused-ring (bicyclic) bond motifs is 1. The van der Waals surface area contributed by atoms with Gasteiger partial charge in [0.25, 0.3) is 11.8 Å². The molecule has 5 rings (SSSR count). The van der Waals surface area contributed by atoms with Gasteiger partial charge in [0.15, 0.2) is 0 Å². The lowest BCUT2D eigenvalue weighted by Crippen LogP contribution is -2.30. The lowest BCUT2D eigenvalue weighted by Gasteiger charge is -2.33. The quantitative estimate of drug-likeness (QED) is 0.0992. The highest BCUT2D eigenvalue weighted by Gasteiger charge is 2.33. The molecule has 0 spiro atoms. The van der Waals surface area contributed by atoms with Crippen molar-refractivity contribution in [2.45, 2.75) is 70.4 Å². The van der Waals surface area contributed by atoms with Crippen LogP contribution in [0.4, 0.5) is 10.7 Å². The first-order valence-electron chi connectivity index (χ1n) is 17.2. The third-order valence-corrected chi connectivity index (χ3v) is 11.4. The number of nitrogens with zero attached hydrogens (tertiary/aromatic N) is 1. The largest absolute Gasteiger partial charge is 0.493 e. The maximum Gasteiger partial charge on any atom is 0.272 e. The third-order valence-electron chi connectivity index (χ3n) is 8.92. The summed E-state index contributed by atoms with van der Waals surface area (Å²) in [6, 6.07) is 25.6. The maximum atomic E-state index is 13.7. The van der Waals surface area contributed by atoms with E-state index < -0.39 is 17.1 Å². The van der Waals surface area contributed by atoms with E-state index in [1.165, 1.54) is 28.0 Å².